The first kappa shape index (κ1) is 10.6. The zero-order valence-electron chi connectivity index (χ0n) is 10.2. The van der Waals surface area contributed by atoms with Crippen LogP contribution in [0.15, 0.2) is 24.4 Å². The van der Waals surface area contributed by atoms with Crippen molar-refractivity contribution < 1.29 is 0 Å². The Kier molecular flexibility index (Phi) is 2.75. The maximum Gasteiger partial charge on any atom is 0.0651 e. The third kappa shape index (κ3) is 2.28. The van der Waals surface area contributed by atoms with E-state index in [2.05, 4.69) is 40.6 Å². The van der Waals surface area contributed by atoms with Gasteiger partial charge in [-0.2, -0.15) is 5.10 Å². The fourth-order valence-corrected chi connectivity index (χ4v) is 2.67. The molecular formula is C14H19N3. The van der Waals surface area contributed by atoms with Crippen LogP contribution in [0.2, 0.25) is 0 Å². The Balaban J connectivity index is 1.71. The average molecular weight is 229 g/mol. The van der Waals surface area contributed by atoms with Crippen molar-refractivity contribution in [1.82, 2.24) is 10.2 Å². The lowest BCUT2D eigenvalue weighted by Crippen LogP contribution is -2.25. The molecule has 1 aromatic heterocycles. The molecule has 0 atom stereocenters. The van der Waals surface area contributed by atoms with E-state index < -0.39 is 0 Å². The van der Waals surface area contributed by atoms with Gasteiger partial charge in [-0.15, -0.1) is 0 Å². The van der Waals surface area contributed by atoms with Crippen LogP contribution in [-0.2, 0) is 0 Å². The summed E-state index contributed by atoms with van der Waals surface area (Å²) >= 11 is 0. The third-order valence-corrected chi connectivity index (χ3v) is 3.83. The molecule has 1 aliphatic carbocycles. The Morgan fingerprint density at radius 3 is 2.88 bits per heavy atom. The summed E-state index contributed by atoms with van der Waals surface area (Å²) < 4.78 is 0. The van der Waals surface area contributed by atoms with E-state index >= 15 is 0 Å². The highest BCUT2D eigenvalue weighted by Crippen LogP contribution is 2.26. The Hall–Kier alpha value is -1.51. The molecule has 0 amide bonds. The van der Waals surface area contributed by atoms with Crippen LogP contribution in [-0.4, -0.2) is 16.2 Å². The molecule has 0 saturated heterocycles. The third-order valence-electron chi connectivity index (χ3n) is 3.83. The molecule has 90 valence electrons. The number of fused-ring (bicyclic) bond motifs is 1. The number of benzene rings is 1. The smallest absolute Gasteiger partial charge is 0.0651 e. The van der Waals surface area contributed by atoms with Gasteiger partial charge < -0.3 is 5.32 Å². The summed E-state index contributed by atoms with van der Waals surface area (Å²) in [5.74, 6) is 0.907. The van der Waals surface area contributed by atoms with Crippen molar-refractivity contribution in [1.29, 1.82) is 0 Å². The Morgan fingerprint density at radius 1 is 1.24 bits per heavy atom. The molecule has 0 radical (unpaired) electrons. The maximum absolute atomic E-state index is 4.05. The van der Waals surface area contributed by atoms with E-state index in [0.717, 1.165) is 11.4 Å². The van der Waals surface area contributed by atoms with Gasteiger partial charge in [0.15, 0.2) is 0 Å². The number of aromatic amines is 1. The Morgan fingerprint density at radius 2 is 2.06 bits per heavy atom. The summed E-state index contributed by atoms with van der Waals surface area (Å²) in [7, 11) is 0. The highest BCUT2D eigenvalue weighted by atomic mass is 15.1. The van der Waals surface area contributed by atoms with Crippen LogP contribution < -0.4 is 5.32 Å². The highest BCUT2D eigenvalue weighted by molar-refractivity contribution is 5.81. The molecule has 0 bridgehead atoms. The lowest BCUT2D eigenvalue weighted by atomic mass is 9.87. The van der Waals surface area contributed by atoms with Crippen LogP contribution in [0.1, 0.15) is 32.6 Å². The fourth-order valence-electron chi connectivity index (χ4n) is 2.67. The topological polar surface area (TPSA) is 40.7 Å². The van der Waals surface area contributed by atoms with Crippen molar-refractivity contribution in [2.45, 2.75) is 38.6 Å². The number of anilines is 1. The summed E-state index contributed by atoms with van der Waals surface area (Å²) in [6, 6.07) is 7.06. The zero-order chi connectivity index (χ0) is 11.7. The number of rotatable bonds is 2. The van der Waals surface area contributed by atoms with Crippen molar-refractivity contribution in [2.75, 3.05) is 5.32 Å². The lowest BCUT2D eigenvalue weighted by molar-refractivity contribution is 0.361. The van der Waals surface area contributed by atoms with E-state index in [-0.39, 0.29) is 0 Å². The molecule has 2 aromatic rings. The molecule has 1 heterocycles. The van der Waals surface area contributed by atoms with Crippen LogP contribution in [0.5, 0.6) is 0 Å². The molecule has 3 nitrogen and oxygen atoms in total. The first-order chi connectivity index (χ1) is 8.31. The van der Waals surface area contributed by atoms with Crippen LogP contribution in [0.3, 0.4) is 0 Å². The van der Waals surface area contributed by atoms with Gasteiger partial charge in [-0.1, -0.05) is 6.92 Å². The predicted octanol–water partition coefficient (Wildman–Crippen LogP) is 3.55. The SMILES string of the molecule is CC1CCC(Nc2ccc3[nH]ncc3c2)CC1. The van der Waals surface area contributed by atoms with Gasteiger partial charge in [0, 0.05) is 17.1 Å². The standard InChI is InChI=1S/C14H19N3/c1-10-2-4-12(5-3-10)16-13-6-7-14-11(8-13)9-15-17-14/h6-10,12,16H,2-5H2,1H3,(H,15,17). The van der Waals surface area contributed by atoms with Gasteiger partial charge >= 0.3 is 0 Å². The molecule has 1 saturated carbocycles. The quantitative estimate of drug-likeness (QED) is 0.826. The van der Waals surface area contributed by atoms with E-state index in [4.69, 9.17) is 0 Å². The number of nitrogens with one attached hydrogen (secondary N) is 2. The number of hydrogen-bond donors (Lipinski definition) is 2. The molecule has 3 rings (SSSR count). The molecular weight excluding hydrogens is 210 g/mol. The van der Waals surface area contributed by atoms with Crippen molar-refractivity contribution >= 4 is 16.6 Å². The molecule has 17 heavy (non-hydrogen) atoms. The van der Waals surface area contributed by atoms with Crippen molar-refractivity contribution in [3.05, 3.63) is 24.4 Å². The van der Waals surface area contributed by atoms with E-state index in [1.165, 1.54) is 36.8 Å². The van der Waals surface area contributed by atoms with E-state index in [0.29, 0.717) is 6.04 Å². The van der Waals surface area contributed by atoms with Crippen molar-refractivity contribution in [3.63, 3.8) is 0 Å². The molecule has 0 spiro atoms. The van der Waals surface area contributed by atoms with Gasteiger partial charge in [-0.3, -0.25) is 5.10 Å². The minimum absolute atomic E-state index is 0.649. The van der Waals surface area contributed by atoms with Crippen molar-refractivity contribution in [3.8, 4) is 0 Å². The number of aromatic nitrogens is 2. The summed E-state index contributed by atoms with van der Waals surface area (Å²) in [6.07, 6.45) is 7.18. The van der Waals surface area contributed by atoms with E-state index in [1.54, 1.807) is 0 Å². The first-order valence-electron chi connectivity index (χ1n) is 6.51. The number of H-pyrrole nitrogens is 1. The average Bonchev–Trinajstić information content (AvgIpc) is 2.79. The van der Waals surface area contributed by atoms with Gasteiger partial charge in [-0.25, -0.2) is 0 Å². The van der Waals surface area contributed by atoms with Gasteiger partial charge in [0.25, 0.3) is 0 Å². The largest absolute Gasteiger partial charge is 0.382 e. The molecule has 0 unspecified atom stereocenters. The normalized spacial score (nSPS) is 25.0. The van der Waals surface area contributed by atoms with Gasteiger partial charge in [0.2, 0.25) is 0 Å². The lowest BCUT2D eigenvalue weighted by Gasteiger charge is -2.27. The van der Waals surface area contributed by atoms with E-state index in [9.17, 15) is 0 Å². The Bertz CT molecular complexity index is 495. The molecule has 1 aromatic carbocycles. The summed E-state index contributed by atoms with van der Waals surface area (Å²) in [5, 5.41) is 11.8. The van der Waals surface area contributed by atoms with Crippen LogP contribution in [0, 0.1) is 5.92 Å². The second-order valence-corrected chi connectivity index (χ2v) is 5.27. The van der Waals surface area contributed by atoms with E-state index in [1.807, 2.05) is 6.20 Å². The number of nitrogens with zero attached hydrogens (tertiary/aromatic N) is 1. The van der Waals surface area contributed by atoms with Crippen LogP contribution in [0.4, 0.5) is 5.69 Å². The molecule has 3 heteroatoms. The second-order valence-electron chi connectivity index (χ2n) is 5.27. The second kappa shape index (κ2) is 4.40. The van der Waals surface area contributed by atoms with Gasteiger partial charge in [-0.05, 0) is 49.8 Å². The summed E-state index contributed by atoms with van der Waals surface area (Å²) in [6.45, 7) is 2.35. The zero-order valence-corrected chi connectivity index (χ0v) is 10.2. The molecule has 2 N–H and O–H groups in total. The first-order valence-corrected chi connectivity index (χ1v) is 6.51. The predicted molar refractivity (Wildman–Crippen MR) is 71.1 cm³/mol. The van der Waals surface area contributed by atoms with Crippen LogP contribution in [0.25, 0.3) is 10.9 Å². The minimum atomic E-state index is 0.649. The molecule has 0 aliphatic heterocycles. The summed E-state index contributed by atoms with van der Waals surface area (Å²) in [5.41, 5.74) is 2.33. The monoisotopic (exact) mass is 229 g/mol. The van der Waals surface area contributed by atoms with Crippen molar-refractivity contribution in [2.24, 2.45) is 5.92 Å². The van der Waals surface area contributed by atoms with Gasteiger partial charge in [0.05, 0.1) is 11.7 Å². The minimum Gasteiger partial charge on any atom is -0.382 e. The van der Waals surface area contributed by atoms with Gasteiger partial charge in [0.1, 0.15) is 0 Å². The molecule has 1 aliphatic rings. The van der Waals surface area contributed by atoms with Crippen LogP contribution >= 0.6 is 0 Å². The maximum atomic E-state index is 4.05. The molecule has 1 fully saturated rings. The highest BCUT2D eigenvalue weighted by Gasteiger charge is 2.17. The number of hydrogen-bond acceptors (Lipinski definition) is 2. The summed E-state index contributed by atoms with van der Waals surface area (Å²) in [4.78, 5) is 0. The fraction of sp³-hybridized carbons (Fsp3) is 0.500. The Labute approximate surface area is 102 Å².